The minimum atomic E-state index is -0.300. The molecule has 0 aliphatic carbocycles. The Labute approximate surface area is 139 Å². The van der Waals surface area contributed by atoms with Crippen LogP contribution in [0.1, 0.15) is 36.6 Å². The second-order valence-corrected chi connectivity index (χ2v) is 5.33. The van der Waals surface area contributed by atoms with Crippen molar-refractivity contribution in [2.24, 2.45) is 0 Å². The predicted molar refractivity (Wildman–Crippen MR) is 88.3 cm³/mol. The molecule has 0 spiro atoms. The summed E-state index contributed by atoms with van der Waals surface area (Å²) >= 11 is 0. The third-order valence-electron chi connectivity index (χ3n) is 3.79. The van der Waals surface area contributed by atoms with Crippen LogP contribution in [0.2, 0.25) is 0 Å². The first-order valence-corrected chi connectivity index (χ1v) is 7.37. The third kappa shape index (κ3) is 2.77. The largest absolute Gasteiger partial charge is 0.341 e. The van der Waals surface area contributed by atoms with Crippen molar-refractivity contribution in [1.82, 2.24) is 10.2 Å². The molecular formula is C19H14N2O3. The number of carbonyl (C=O) groups excluding carboxylic acids is 3. The Bertz CT molecular complexity index is 828. The van der Waals surface area contributed by atoms with Gasteiger partial charge in [-0.15, -0.1) is 6.42 Å². The molecule has 0 unspecified atom stereocenters. The molecule has 24 heavy (non-hydrogen) atoms. The van der Waals surface area contributed by atoms with E-state index in [4.69, 9.17) is 6.42 Å². The zero-order valence-corrected chi connectivity index (χ0v) is 12.8. The van der Waals surface area contributed by atoms with Crippen molar-refractivity contribution in [1.29, 1.82) is 0 Å². The van der Waals surface area contributed by atoms with Crippen LogP contribution >= 0.6 is 0 Å². The van der Waals surface area contributed by atoms with Gasteiger partial charge in [-0.05, 0) is 29.8 Å². The fraction of sp³-hybridized carbons (Fsp3) is 0.105. The summed E-state index contributed by atoms with van der Waals surface area (Å²) in [4.78, 5) is 37.6. The molecule has 0 atom stereocenters. The molecule has 3 amide bonds. The van der Waals surface area contributed by atoms with Gasteiger partial charge in [0.2, 0.25) is 0 Å². The second-order valence-electron chi connectivity index (χ2n) is 5.33. The van der Waals surface area contributed by atoms with Crippen molar-refractivity contribution in [2.75, 3.05) is 6.54 Å². The average molecular weight is 318 g/mol. The number of rotatable bonds is 4. The van der Waals surface area contributed by atoms with E-state index in [-0.39, 0.29) is 30.8 Å². The molecule has 5 heteroatoms. The highest BCUT2D eigenvalue weighted by Crippen LogP contribution is 2.24. The molecule has 2 aromatic carbocycles. The van der Waals surface area contributed by atoms with E-state index in [0.717, 1.165) is 5.56 Å². The Morgan fingerprint density at radius 3 is 2.12 bits per heavy atom. The monoisotopic (exact) mass is 318 g/mol. The maximum absolute atomic E-state index is 12.3. The van der Waals surface area contributed by atoms with Gasteiger partial charge in [-0.1, -0.05) is 30.2 Å². The molecule has 0 aromatic heterocycles. The molecule has 1 aliphatic heterocycles. The summed E-state index contributed by atoms with van der Waals surface area (Å²) < 4.78 is 0. The maximum atomic E-state index is 12.3. The highest BCUT2D eigenvalue weighted by atomic mass is 16.2. The van der Waals surface area contributed by atoms with Gasteiger partial charge in [-0.2, -0.15) is 0 Å². The van der Waals surface area contributed by atoms with Crippen LogP contribution in [-0.4, -0.2) is 29.2 Å². The van der Waals surface area contributed by atoms with Gasteiger partial charge in [0.25, 0.3) is 17.7 Å². The number of nitrogens with one attached hydrogen (secondary N) is 1. The fourth-order valence-electron chi connectivity index (χ4n) is 2.56. The van der Waals surface area contributed by atoms with Crippen molar-refractivity contribution in [3.05, 3.63) is 70.8 Å². The molecule has 0 saturated carbocycles. The van der Waals surface area contributed by atoms with Gasteiger partial charge in [-0.3, -0.25) is 19.3 Å². The van der Waals surface area contributed by atoms with Crippen molar-refractivity contribution in [2.45, 2.75) is 6.54 Å². The van der Waals surface area contributed by atoms with Crippen LogP contribution in [0.3, 0.4) is 0 Å². The number of fused-ring (bicyclic) bond motifs is 1. The van der Waals surface area contributed by atoms with E-state index in [1.807, 2.05) is 0 Å². The lowest BCUT2D eigenvalue weighted by atomic mass is 10.1. The van der Waals surface area contributed by atoms with Gasteiger partial charge >= 0.3 is 0 Å². The van der Waals surface area contributed by atoms with Crippen LogP contribution in [0.15, 0.2) is 48.5 Å². The van der Waals surface area contributed by atoms with Crippen LogP contribution in [0.25, 0.3) is 0 Å². The smallest absolute Gasteiger partial charge is 0.261 e. The maximum Gasteiger partial charge on any atom is 0.261 e. The number of benzene rings is 2. The summed E-state index contributed by atoms with van der Waals surface area (Å²) in [5.41, 5.74) is 2.08. The van der Waals surface area contributed by atoms with E-state index in [1.165, 1.54) is 4.90 Å². The van der Waals surface area contributed by atoms with Crippen LogP contribution in [0, 0.1) is 12.3 Å². The molecular weight excluding hydrogens is 304 g/mol. The zero-order chi connectivity index (χ0) is 17.1. The van der Waals surface area contributed by atoms with Crippen molar-refractivity contribution in [3.63, 3.8) is 0 Å². The Morgan fingerprint density at radius 1 is 1.00 bits per heavy atom. The first-order chi connectivity index (χ1) is 11.6. The molecule has 118 valence electrons. The Morgan fingerprint density at radius 2 is 1.58 bits per heavy atom. The summed E-state index contributed by atoms with van der Waals surface area (Å²) in [5, 5.41) is 2.57. The minimum Gasteiger partial charge on any atom is -0.341 e. The molecule has 0 radical (unpaired) electrons. The van der Waals surface area contributed by atoms with E-state index in [2.05, 4.69) is 11.2 Å². The molecule has 1 aliphatic rings. The number of carbonyl (C=O) groups is 3. The standard InChI is InChI=1S/C19H14N2O3/c1-2-11-20-17(22)14-9-7-13(8-10-14)12-21-18(23)15-5-3-4-6-16(15)19(21)24/h1,3-10H,11-12H2,(H,20,22). The minimum absolute atomic E-state index is 0.162. The topological polar surface area (TPSA) is 66.5 Å². The van der Waals surface area contributed by atoms with E-state index in [0.29, 0.717) is 16.7 Å². The highest BCUT2D eigenvalue weighted by molar-refractivity contribution is 6.21. The summed E-state index contributed by atoms with van der Waals surface area (Å²) in [6.07, 6.45) is 5.10. The lowest BCUT2D eigenvalue weighted by Crippen LogP contribution is -2.29. The SMILES string of the molecule is C#CCNC(=O)c1ccc(CN2C(=O)c3ccccc3C2=O)cc1. The van der Waals surface area contributed by atoms with Gasteiger partial charge in [0.15, 0.2) is 0 Å². The molecule has 5 nitrogen and oxygen atoms in total. The lowest BCUT2D eigenvalue weighted by molar-refractivity contribution is 0.0642. The number of hydrogen-bond acceptors (Lipinski definition) is 3. The van der Waals surface area contributed by atoms with Crippen molar-refractivity contribution < 1.29 is 14.4 Å². The lowest BCUT2D eigenvalue weighted by Gasteiger charge is -2.14. The van der Waals surface area contributed by atoms with E-state index >= 15 is 0 Å². The van der Waals surface area contributed by atoms with Gasteiger partial charge in [0, 0.05) is 5.56 Å². The molecule has 1 heterocycles. The summed E-state index contributed by atoms with van der Waals surface area (Å²) in [5.74, 6) is 1.47. The van der Waals surface area contributed by atoms with Gasteiger partial charge in [0.1, 0.15) is 0 Å². The highest BCUT2D eigenvalue weighted by Gasteiger charge is 2.34. The zero-order valence-electron chi connectivity index (χ0n) is 12.8. The number of nitrogens with zero attached hydrogens (tertiary/aromatic N) is 1. The van der Waals surface area contributed by atoms with Crippen LogP contribution in [0.5, 0.6) is 0 Å². The van der Waals surface area contributed by atoms with Crippen LogP contribution in [-0.2, 0) is 6.54 Å². The van der Waals surface area contributed by atoms with Crippen LogP contribution < -0.4 is 5.32 Å². The Kier molecular flexibility index (Phi) is 4.13. The van der Waals surface area contributed by atoms with Gasteiger partial charge < -0.3 is 5.32 Å². The fourth-order valence-corrected chi connectivity index (χ4v) is 2.56. The molecule has 1 N–H and O–H groups in total. The molecule has 0 fully saturated rings. The van der Waals surface area contributed by atoms with E-state index < -0.39 is 0 Å². The van der Waals surface area contributed by atoms with Gasteiger partial charge in [-0.25, -0.2) is 0 Å². The molecule has 0 saturated heterocycles. The summed E-state index contributed by atoms with van der Waals surface area (Å²) in [6, 6.07) is 13.5. The predicted octanol–water partition coefficient (Wildman–Crippen LogP) is 1.85. The molecule has 2 aromatic rings. The van der Waals surface area contributed by atoms with E-state index in [1.54, 1.807) is 48.5 Å². The first kappa shape index (κ1) is 15.5. The Hall–Kier alpha value is -3.39. The quantitative estimate of drug-likeness (QED) is 0.691. The third-order valence-corrected chi connectivity index (χ3v) is 3.79. The number of terminal acetylenes is 1. The summed E-state index contributed by atoms with van der Waals surface area (Å²) in [7, 11) is 0. The summed E-state index contributed by atoms with van der Waals surface area (Å²) in [6.45, 7) is 0.328. The van der Waals surface area contributed by atoms with Crippen molar-refractivity contribution >= 4 is 17.7 Å². The van der Waals surface area contributed by atoms with Crippen LogP contribution in [0.4, 0.5) is 0 Å². The average Bonchev–Trinajstić information content (AvgIpc) is 2.85. The number of amides is 3. The Balaban J connectivity index is 1.74. The number of hydrogen-bond donors (Lipinski definition) is 1. The molecule has 0 bridgehead atoms. The molecule has 3 rings (SSSR count). The van der Waals surface area contributed by atoms with Gasteiger partial charge in [0.05, 0.1) is 24.2 Å². The van der Waals surface area contributed by atoms with E-state index in [9.17, 15) is 14.4 Å². The van der Waals surface area contributed by atoms with Crippen molar-refractivity contribution in [3.8, 4) is 12.3 Å². The number of imide groups is 1. The second kappa shape index (κ2) is 6.39. The first-order valence-electron chi connectivity index (χ1n) is 7.37. The normalized spacial score (nSPS) is 12.7.